The van der Waals surface area contributed by atoms with Crippen molar-refractivity contribution in [3.8, 4) is 0 Å². The van der Waals surface area contributed by atoms with Crippen LogP contribution in [0.4, 0.5) is 11.4 Å². The number of nitrogens with zero attached hydrogens (tertiary/aromatic N) is 1. The van der Waals surface area contributed by atoms with E-state index in [1.54, 1.807) is 0 Å². The molecule has 1 unspecified atom stereocenters. The number of amides is 1. The summed E-state index contributed by atoms with van der Waals surface area (Å²) >= 11 is 6.44. The van der Waals surface area contributed by atoms with Crippen molar-refractivity contribution < 1.29 is 4.79 Å². The Morgan fingerprint density at radius 1 is 1.48 bits per heavy atom. The van der Waals surface area contributed by atoms with Crippen molar-refractivity contribution in [3.05, 3.63) is 34.9 Å². The molecule has 0 bridgehead atoms. The molecule has 1 aromatic rings. The highest BCUT2D eigenvalue weighted by atomic mass is 35.5. The normalized spacial score (nSPS) is 16.6. The number of rotatable bonds is 6. The van der Waals surface area contributed by atoms with Gasteiger partial charge in [-0.15, -0.1) is 0 Å². The smallest absolute Gasteiger partial charge is 0.246 e. The standard InChI is InChI=1S/C16H22ClN3O/c1-5-18-15-11-7-12(17)14(8-13(11)19-16(15)21)20(6-2)9-10(3)4/h7-8,15,18H,3,5-6,9H2,1-2,4H3,(H,19,21). The van der Waals surface area contributed by atoms with Crippen LogP contribution in [0, 0.1) is 0 Å². The third-order valence-electron chi connectivity index (χ3n) is 3.54. The minimum atomic E-state index is -0.312. The molecule has 1 heterocycles. The highest BCUT2D eigenvalue weighted by Gasteiger charge is 2.31. The highest BCUT2D eigenvalue weighted by molar-refractivity contribution is 6.33. The van der Waals surface area contributed by atoms with E-state index in [0.29, 0.717) is 5.02 Å². The summed E-state index contributed by atoms with van der Waals surface area (Å²) in [7, 11) is 0. The molecule has 0 aromatic heterocycles. The van der Waals surface area contributed by atoms with Crippen molar-refractivity contribution in [1.29, 1.82) is 0 Å². The van der Waals surface area contributed by atoms with Gasteiger partial charge >= 0.3 is 0 Å². The van der Waals surface area contributed by atoms with Gasteiger partial charge in [0.05, 0.1) is 10.7 Å². The van der Waals surface area contributed by atoms with Gasteiger partial charge in [0.1, 0.15) is 6.04 Å². The minimum absolute atomic E-state index is 0.0250. The molecule has 4 nitrogen and oxygen atoms in total. The summed E-state index contributed by atoms with van der Waals surface area (Å²) in [6, 6.07) is 3.53. The number of likely N-dealkylation sites (N-methyl/N-ethyl adjacent to an activating group) is 2. The average Bonchev–Trinajstić information content (AvgIpc) is 2.72. The third-order valence-corrected chi connectivity index (χ3v) is 3.84. The van der Waals surface area contributed by atoms with Crippen molar-refractivity contribution in [3.63, 3.8) is 0 Å². The van der Waals surface area contributed by atoms with Gasteiger partial charge in [0.15, 0.2) is 0 Å². The first-order chi connectivity index (χ1) is 9.97. The molecule has 21 heavy (non-hydrogen) atoms. The van der Waals surface area contributed by atoms with Gasteiger partial charge < -0.3 is 15.5 Å². The van der Waals surface area contributed by atoms with Gasteiger partial charge in [-0.2, -0.15) is 0 Å². The lowest BCUT2D eigenvalue weighted by Crippen LogP contribution is -2.27. The summed E-state index contributed by atoms with van der Waals surface area (Å²) in [6.45, 7) is 12.3. The van der Waals surface area contributed by atoms with Crippen LogP contribution in [0.15, 0.2) is 24.3 Å². The molecule has 1 amide bonds. The van der Waals surface area contributed by atoms with Crippen molar-refractivity contribution >= 4 is 28.9 Å². The van der Waals surface area contributed by atoms with E-state index in [2.05, 4.69) is 29.0 Å². The second-order valence-electron chi connectivity index (χ2n) is 5.34. The Kier molecular flexibility index (Phi) is 4.91. The Hall–Kier alpha value is -1.52. The number of carbonyl (C=O) groups excluding carboxylic acids is 1. The van der Waals surface area contributed by atoms with E-state index in [1.165, 1.54) is 0 Å². The first-order valence-corrected chi connectivity index (χ1v) is 7.62. The Labute approximate surface area is 131 Å². The number of fused-ring (bicyclic) bond motifs is 1. The van der Waals surface area contributed by atoms with Crippen molar-refractivity contribution in [2.45, 2.75) is 26.8 Å². The van der Waals surface area contributed by atoms with Crippen LogP contribution >= 0.6 is 11.6 Å². The molecule has 2 N–H and O–H groups in total. The molecule has 2 rings (SSSR count). The van der Waals surface area contributed by atoms with E-state index in [0.717, 1.165) is 42.1 Å². The molecule has 1 aromatic carbocycles. The summed E-state index contributed by atoms with van der Waals surface area (Å²) in [6.07, 6.45) is 0. The van der Waals surface area contributed by atoms with Gasteiger partial charge in [-0.05, 0) is 32.5 Å². The number of benzene rings is 1. The molecule has 0 fully saturated rings. The molecular formula is C16H22ClN3O. The largest absolute Gasteiger partial charge is 0.367 e. The van der Waals surface area contributed by atoms with Crippen LogP contribution in [0.2, 0.25) is 5.02 Å². The fraction of sp³-hybridized carbons (Fsp3) is 0.438. The van der Waals surface area contributed by atoms with Crippen LogP contribution in [0.1, 0.15) is 32.4 Å². The number of hydrogen-bond acceptors (Lipinski definition) is 3. The lowest BCUT2D eigenvalue weighted by molar-refractivity contribution is -0.117. The maximum Gasteiger partial charge on any atom is 0.246 e. The monoisotopic (exact) mass is 307 g/mol. The van der Waals surface area contributed by atoms with E-state index in [4.69, 9.17) is 11.6 Å². The second kappa shape index (κ2) is 6.50. The van der Waals surface area contributed by atoms with Gasteiger partial charge in [-0.3, -0.25) is 4.79 Å². The van der Waals surface area contributed by atoms with E-state index in [1.807, 2.05) is 26.0 Å². The lowest BCUT2D eigenvalue weighted by atomic mass is 10.1. The SMILES string of the molecule is C=C(C)CN(CC)c1cc2c(cc1Cl)C(NCC)C(=O)N2. The number of hydrogen-bond donors (Lipinski definition) is 2. The first-order valence-electron chi connectivity index (χ1n) is 7.24. The average molecular weight is 308 g/mol. The quantitative estimate of drug-likeness (QED) is 0.792. The zero-order valence-electron chi connectivity index (χ0n) is 12.8. The summed E-state index contributed by atoms with van der Waals surface area (Å²) < 4.78 is 0. The summed E-state index contributed by atoms with van der Waals surface area (Å²) in [5, 5.41) is 6.76. The summed E-state index contributed by atoms with van der Waals surface area (Å²) in [4.78, 5) is 14.2. The molecule has 1 aliphatic heterocycles. The number of halogens is 1. The highest BCUT2D eigenvalue weighted by Crippen LogP contribution is 2.39. The van der Waals surface area contributed by atoms with Crippen LogP contribution in [0.25, 0.3) is 0 Å². The summed E-state index contributed by atoms with van der Waals surface area (Å²) in [5.41, 5.74) is 3.76. The van der Waals surface area contributed by atoms with Crippen LogP contribution in [0.3, 0.4) is 0 Å². The van der Waals surface area contributed by atoms with Crippen LogP contribution in [-0.4, -0.2) is 25.5 Å². The molecule has 0 saturated heterocycles. The van der Waals surface area contributed by atoms with E-state index in [9.17, 15) is 4.79 Å². The van der Waals surface area contributed by atoms with Crippen molar-refractivity contribution in [2.75, 3.05) is 29.9 Å². The number of carbonyl (C=O) groups is 1. The molecule has 1 atom stereocenters. The van der Waals surface area contributed by atoms with E-state index in [-0.39, 0.29) is 11.9 Å². The van der Waals surface area contributed by atoms with Gasteiger partial charge in [0.25, 0.3) is 0 Å². The molecule has 0 saturated carbocycles. The molecule has 1 aliphatic rings. The lowest BCUT2D eigenvalue weighted by Gasteiger charge is -2.25. The van der Waals surface area contributed by atoms with Gasteiger partial charge in [0.2, 0.25) is 5.91 Å². The van der Waals surface area contributed by atoms with Gasteiger partial charge in [-0.1, -0.05) is 30.7 Å². The molecular weight excluding hydrogens is 286 g/mol. The topological polar surface area (TPSA) is 44.4 Å². The minimum Gasteiger partial charge on any atom is -0.367 e. The van der Waals surface area contributed by atoms with Crippen molar-refractivity contribution in [1.82, 2.24) is 5.32 Å². The Morgan fingerprint density at radius 3 is 2.76 bits per heavy atom. The maximum absolute atomic E-state index is 12.0. The molecule has 0 spiro atoms. The van der Waals surface area contributed by atoms with Crippen LogP contribution < -0.4 is 15.5 Å². The first kappa shape index (κ1) is 15.9. The van der Waals surface area contributed by atoms with Gasteiger partial charge in [-0.25, -0.2) is 0 Å². The van der Waals surface area contributed by atoms with E-state index >= 15 is 0 Å². The van der Waals surface area contributed by atoms with Gasteiger partial charge in [0, 0.05) is 24.3 Å². The zero-order chi connectivity index (χ0) is 15.6. The number of anilines is 2. The van der Waals surface area contributed by atoms with Crippen LogP contribution in [-0.2, 0) is 4.79 Å². The fourth-order valence-corrected chi connectivity index (χ4v) is 2.90. The maximum atomic E-state index is 12.0. The Bertz CT molecular complexity index is 571. The third kappa shape index (κ3) is 3.22. The fourth-order valence-electron chi connectivity index (χ4n) is 2.61. The predicted molar refractivity (Wildman–Crippen MR) is 89.2 cm³/mol. The molecule has 0 aliphatic carbocycles. The molecule has 5 heteroatoms. The molecule has 114 valence electrons. The number of nitrogens with one attached hydrogen (secondary N) is 2. The summed E-state index contributed by atoms with van der Waals surface area (Å²) in [5.74, 6) is -0.0250. The van der Waals surface area contributed by atoms with E-state index < -0.39 is 0 Å². The predicted octanol–water partition coefficient (Wildman–Crippen LogP) is 3.35. The van der Waals surface area contributed by atoms with Crippen LogP contribution in [0.5, 0.6) is 0 Å². The Morgan fingerprint density at radius 2 is 2.19 bits per heavy atom. The zero-order valence-corrected chi connectivity index (χ0v) is 13.5. The van der Waals surface area contributed by atoms with Crippen molar-refractivity contribution in [2.24, 2.45) is 0 Å². The Balaban J connectivity index is 2.38. The molecule has 0 radical (unpaired) electrons. The second-order valence-corrected chi connectivity index (χ2v) is 5.75.